The SMILES string of the molecule is CNC(=O)Oc1cc(-c2cc(OC)c(OC[C@@](C)(N)CC(C)C)cn2)ccn1. The van der Waals surface area contributed by atoms with Crippen LogP contribution in [0.5, 0.6) is 17.4 Å². The van der Waals surface area contributed by atoms with Crippen molar-refractivity contribution >= 4 is 6.09 Å². The van der Waals surface area contributed by atoms with Crippen LogP contribution in [0.15, 0.2) is 30.6 Å². The lowest BCUT2D eigenvalue weighted by atomic mass is 9.93. The van der Waals surface area contributed by atoms with Gasteiger partial charge in [-0.2, -0.15) is 0 Å². The van der Waals surface area contributed by atoms with E-state index in [1.54, 1.807) is 31.5 Å². The second-order valence-corrected chi connectivity index (χ2v) is 7.28. The summed E-state index contributed by atoms with van der Waals surface area (Å²) >= 11 is 0. The van der Waals surface area contributed by atoms with Crippen LogP contribution in [0.3, 0.4) is 0 Å². The number of pyridine rings is 2. The summed E-state index contributed by atoms with van der Waals surface area (Å²) in [5.74, 6) is 1.70. The van der Waals surface area contributed by atoms with Crippen molar-refractivity contribution in [3.05, 3.63) is 30.6 Å². The number of hydrogen-bond acceptors (Lipinski definition) is 7. The van der Waals surface area contributed by atoms with Gasteiger partial charge < -0.3 is 25.3 Å². The molecule has 8 heteroatoms. The number of amides is 1. The van der Waals surface area contributed by atoms with Crippen molar-refractivity contribution in [1.82, 2.24) is 15.3 Å². The molecule has 0 aromatic carbocycles. The van der Waals surface area contributed by atoms with Gasteiger partial charge in [-0.1, -0.05) is 13.8 Å². The second-order valence-electron chi connectivity index (χ2n) is 7.28. The number of nitrogens with zero attached hydrogens (tertiary/aromatic N) is 2. The van der Waals surface area contributed by atoms with Crippen LogP contribution in [-0.2, 0) is 0 Å². The molecule has 0 aliphatic rings. The molecule has 2 heterocycles. The Bertz CT molecular complexity index is 809. The van der Waals surface area contributed by atoms with Crippen molar-refractivity contribution in [2.75, 3.05) is 20.8 Å². The number of nitrogens with one attached hydrogen (secondary N) is 1. The van der Waals surface area contributed by atoms with E-state index in [0.29, 0.717) is 29.7 Å². The van der Waals surface area contributed by atoms with Gasteiger partial charge in [0.15, 0.2) is 11.5 Å². The van der Waals surface area contributed by atoms with Crippen LogP contribution in [0.4, 0.5) is 4.79 Å². The van der Waals surface area contributed by atoms with Crippen LogP contribution in [-0.4, -0.2) is 42.4 Å². The van der Waals surface area contributed by atoms with Crippen molar-refractivity contribution in [3.8, 4) is 28.6 Å². The number of ether oxygens (including phenoxy) is 3. The molecule has 2 rings (SSSR count). The van der Waals surface area contributed by atoms with E-state index in [1.807, 2.05) is 6.92 Å². The van der Waals surface area contributed by atoms with Gasteiger partial charge in [0.25, 0.3) is 0 Å². The minimum Gasteiger partial charge on any atom is -0.493 e. The maximum absolute atomic E-state index is 11.4. The second kappa shape index (κ2) is 9.36. The van der Waals surface area contributed by atoms with Crippen LogP contribution in [0.25, 0.3) is 11.3 Å². The van der Waals surface area contributed by atoms with E-state index < -0.39 is 11.6 Å². The summed E-state index contributed by atoms with van der Waals surface area (Å²) < 4.78 is 16.4. The van der Waals surface area contributed by atoms with E-state index in [1.165, 1.54) is 13.2 Å². The normalized spacial score (nSPS) is 13.0. The van der Waals surface area contributed by atoms with E-state index in [-0.39, 0.29) is 5.88 Å². The third-order valence-electron chi connectivity index (χ3n) is 3.92. The Morgan fingerprint density at radius 3 is 2.68 bits per heavy atom. The predicted molar refractivity (Wildman–Crippen MR) is 107 cm³/mol. The van der Waals surface area contributed by atoms with Crippen molar-refractivity contribution in [1.29, 1.82) is 0 Å². The van der Waals surface area contributed by atoms with Crippen LogP contribution >= 0.6 is 0 Å². The fourth-order valence-electron chi connectivity index (χ4n) is 2.85. The Morgan fingerprint density at radius 1 is 1.29 bits per heavy atom. The number of rotatable bonds is 8. The highest BCUT2D eigenvalue weighted by Crippen LogP contribution is 2.32. The summed E-state index contributed by atoms with van der Waals surface area (Å²) in [5.41, 5.74) is 7.21. The summed E-state index contributed by atoms with van der Waals surface area (Å²) in [6.45, 7) is 6.56. The van der Waals surface area contributed by atoms with Gasteiger partial charge in [-0.05, 0) is 25.3 Å². The van der Waals surface area contributed by atoms with Crippen LogP contribution in [0.1, 0.15) is 27.2 Å². The van der Waals surface area contributed by atoms with Gasteiger partial charge in [0, 0.05) is 36.5 Å². The fraction of sp³-hybridized carbons (Fsp3) is 0.450. The molecule has 0 radical (unpaired) electrons. The van der Waals surface area contributed by atoms with Crippen LogP contribution < -0.4 is 25.3 Å². The molecule has 0 unspecified atom stereocenters. The van der Waals surface area contributed by atoms with Crippen molar-refractivity contribution in [3.63, 3.8) is 0 Å². The maximum Gasteiger partial charge on any atom is 0.413 e. The Kier molecular flexibility index (Phi) is 7.17. The fourth-order valence-corrected chi connectivity index (χ4v) is 2.85. The Labute approximate surface area is 165 Å². The van der Waals surface area contributed by atoms with Gasteiger partial charge >= 0.3 is 6.09 Å². The lowest BCUT2D eigenvalue weighted by molar-refractivity contribution is 0.199. The number of aromatic nitrogens is 2. The number of carbonyl (C=O) groups excluding carboxylic acids is 1. The molecule has 28 heavy (non-hydrogen) atoms. The maximum atomic E-state index is 11.4. The summed E-state index contributed by atoms with van der Waals surface area (Å²) in [6, 6.07) is 5.14. The van der Waals surface area contributed by atoms with Gasteiger partial charge in [-0.15, -0.1) is 0 Å². The molecule has 152 valence electrons. The summed E-state index contributed by atoms with van der Waals surface area (Å²) in [6.07, 6.45) is 3.38. The van der Waals surface area contributed by atoms with Crippen molar-refractivity contribution in [2.45, 2.75) is 32.7 Å². The van der Waals surface area contributed by atoms with Crippen LogP contribution in [0, 0.1) is 5.92 Å². The van der Waals surface area contributed by atoms with Gasteiger partial charge in [0.05, 0.1) is 19.0 Å². The molecule has 2 aromatic heterocycles. The minimum absolute atomic E-state index is 0.172. The smallest absolute Gasteiger partial charge is 0.413 e. The summed E-state index contributed by atoms with van der Waals surface area (Å²) in [4.78, 5) is 19.8. The lowest BCUT2D eigenvalue weighted by Crippen LogP contribution is -2.43. The van der Waals surface area contributed by atoms with Crippen LogP contribution in [0.2, 0.25) is 0 Å². The molecule has 8 nitrogen and oxygen atoms in total. The van der Waals surface area contributed by atoms with E-state index in [2.05, 4.69) is 29.1 Å². The van der Waals surface area contributed by atoms with E-state index in [4.69, 9.17) is 19.9 Å². The molecule has 0 saturated heterocycles. The van der Waals surface area contributed by atoms with Gasteiger partial charge in [-0.3, -0.25) is 4.98 Å². The number of hydrogen-bond donors (Lipinski definition) is 2. The molecule has 1 amide bonds. The molecule has 0 saturated carbocycles. The van der Waals surface area contributed by atoms with E-state index >= 15 is 0 Å². The third kappa shape index (κ3) is 6.09. The molecular formula is C20H28N4O4. The largest absolute Gasteiger partial charge is 0.493 e. The average Bonchev–Trinajstić information content (AvgIpc) is 2.65. The first-order valence-electron chi connectivity index (χ1n) is 9.06. The van der Waals surface area contributed by atoms with E-state index in [0.717, 1.165) is 12.0 Å². The highest BCUT2D eigenvalue weighted by molar-refractivity contribution is 5.70. The number of methoxy groups -OCH3 is 1. The molecule has 0 aliphatic carbocycles. The topological polar surface area (TPSA) is 109 Å². The van der Waals surface area contributed by atoms with Crippen molar-refractivity contribution < 1.29 is 19.0 Å². The molecule has 1 atom stereocenters. The Morgan fingerprint density at radius 2 is 2.04 bits per heavy atom. The summed E-state index contributed by atoms with van der Waals surface area (Å²) in [5, 5.41) is 2.37. The Hall–Kier alpha value is -2.87. The number of nitrogens with two attached hydrogens (primary N) is 1. The third-order valence-corrected chi connectivity index (χ3v) is 3.92. The van der Waals surface area contributed by atoms with Gasteiger partial charge in [0.1, 0.15) is 6.61 Å². The first-order chi connectivity index (χ1) is 13.2. The minimum atomic E-state index is -0.592. The summed E-state index contributed by atoms with van der Waals surface area (Å²) in [7, 11) is 3.04. The first-order valence-corrected chi connectivity index (χ1v) is 9.06. The first kappa shape index (κ1) is 21.4. The molecular weight excluding hydrogens is 360 g/mol. The lowest BCUT2D eigenvalue weighted by Gasteiger charge is -2.27. The zero-order valence-corrected chi connectivity index (χ0v) is 17.0. The average molecular weight is 388 g/mol. The van der Waals surface area contributed by atoms with Crippen molar-refractivity contribution in [2.24, 2.45) is 11.7 Å². The standard InChI is InChI=1S/C20H28N4O4/c1-13(2)10-20(3,21)12-27-17-11-24-15(9-16(17)26-5)14-6-7-23-18(8-14)28-19(25)22-4/h6-9,11,13H,10,12,21H2,1-5H3,(H,22,25)/t20-/m0/s1. The highest BCUT2D eigenvalue weighted by Gasteiger charge is 2.22. The highest BCUT2D eigenvalue weighted by atomic mass is 16.6. The Balaban J connectivity index is 2.19. The molecule has 3 N–H and O–H groups in total. The van der Waals surface area contributed by atoms with Gasteiger partial charge in [-0.25, -0.2) is 9.78 Å². The predicted octanol–water partition coefficient (Wildman–Crippen LogP) is 3.01. The zero-order chi connectivity index (χ0) is 20.7. The number of carbonyl (C=O) groups is 1. The molecule has 0 fully saturated rings. The zero-order valence-electron chi connectivity index (χ0n) is 17.0. The molecule has 0 aliphatic heterocycles. The molecule has 2 aromatic rings. The van der Waals surface area contributed by atoms with Gasteiger partial charge in [0.2, 0.25) is 5.88 Å². The molecule has 0 spiro atoms. The quantitative estimate of drug-likeness (QED) is 0.715. The monoisotopic (exact) mass is 388 g/mol. The van der Waals surface area contributed by atoms with E-state index in [9.17, 15) is 4.79 Å². The molecule has 0 bridgehead atoms.